The summed E-state index contributed by atoms with van der Waals surface area (Å²) >= 11 is 0. The van der Waals surface area contributed by atoms with Gasteiger partial charge in [0.1, 0.15) is 0 Å². The van der Waals surface area contributed by atoms with Gasteiger partial charge in [-0.1, -0.05) is 37.0 Å². The lowest BCUT2D eigenvalue weighted by Gasteiger charge is -2.16. The molecule has 0 atom stereocenters. The molecule has 104 valence electrons. The lowest BCUT2D eigenvalue weighted by atomic mass is 9.90. The van der Waals surface area contributed by atoms with Crippen molar-refractivity contribution in [2.24, 2.45) is 11.0 Å². The zero-order chi connectivity index (χ0) is 13.7. The maximum atomic E-state index is 12.0. The molecule has 0 unspecified atom stereocenters. The van der Waals surface area contributed by atoms with E-state index in [9.17, 15) is 8.42 Å². The fraction of sp³-hybridized carbons (Fsp3) is 0.500. The van der Waals surface area contributed by atoms with Crippen LogP contribution in [-0.4, -0.2) is 14.6 Å². The van der Waals surface area contributed by atoms with Crippen molar-refractivity contribution < 1.29 is 8.42 Å². The molecule has 0 heterocycles. The number of hydrazone groups is 1. The Kier molecular flexibility index (Phi) is 4.58. The van der Waals surface area contributed by atoms with E-state index in [0.717, 1.165) is 18.4 Å². The number of hydrogen-bond donors (Lipinski definition) is 1. The summed E-state index contributed by atoms with van der Waals surface area (Å²) in [5, 5.41) is 3.90. The first-order valence-corrected chi connectivity index (χ1v) is 8.18. The van der Waals surface area contributed by atoms with Gasteiger partial charge in [0, 0.05) is 6.21 Å². The predicted molar refractivity (Wildman–Crippen MR) is 76.6 cm³/mol. The lowest BCUT2D eigenvalue weighted by molar-refractivity contribution is 0.444. The van der Waals surface area contributed by atoms with Crippen LogP contribution < -0.4 is 4.83 Å². The summed E-state index contributed by atoms with van der Waals surface area (Å²) in [6.07, 6.45) is 7.65. The minimum Gasteiger partial charge on any atom is -0.200 e. The Bertz CT molecular complexity index is 529. The Morgan fingerprint density at radius 1 is 1.16 bits per heavy atom. The van der Waals surface area contributed by atoms with Crippen LogP contribution in [-0.2, 0) is 10.0 Å². The molecule has 0 spiro atoms. The van der Waals surface area contributed by atoms with Crippen LogP contribution in [0.1, 0.15) is 37.7 Å². The van der Waals surface area contributed by atoms with Crippen LogP contribution in [0.5, 0.6) is 0 Å². The molecule has 2 rings (SSSR count). The van der Waals surface area contributed by atoms with Gasteiger partial charge in [0.25, 0.3) is 10.0 Å². The molecule has 1 aromatic rings. The second-order valence-corrected chi connectivity index (χ2v) is 6.74. The highest BCUT2D eigenvalue weighted by Gasteiger charge is 2.13. The maximum Gasteiger partial charge on any atom is 0.276 e. The first kappa shape index (κ1) is 14.1. The molecule has 1 aromatic carbocycles. The monoisotopic (exact) mass is 280 g/mol. The Morgan fingerprint density at radius 3 is 2.42 bits per heavy atom. The molecular weight excluding hydrogens is 260 g/mol. The van der Waals surface area contributed by atoms with Crippen molar-refractivity contribution in [2.45, 2.75) is 43.9 Å². The van der Waals surface area contributed by atoms with Crippen LogP contribution in [0.15, 0.2) is 34.3 Å². The van der Waals surface area contributed by atoms with Gasteiger partial charge in [0.2, 0.25) is 0 Å². The van der Waals surface area contributed by atoms with Crippen LogP contribution in [0, 0.1) is 12.8 Å². The van der Waals surface area contributed by atoms with Gasteiger partial charge in [0.15, 0.2) is 0 Å². The quantitative estimate of drug-likeness (QED) is 0.681. The molecule has 0 aliphatic heterocycles. The highest BCUT2D eigenvalue weighted by atomic mass is 32.2. The molecule has 1 aliphatic carbocycles. The van der Waals surface area contributed by atoms with Crippen molar-refractivity contribution in [3.05, 3.63) is 29.8 Å². The van der Waals surface area contributed by atoms with Gasteiger partial charge < -0.3 is 0 Å². The highest BCUT2D eigenvalue weighted by Crippen LogP contribution is 2.21. The van der Waals surface area contributed by atoms with Gasteiger partial charge in [0.05, 0.1) is 4.90 Å². The highest BCUT2D eigenvalue weighted by molar-refractivity contribution is 7.89. The lowest BCUT2D eigenvalue weighted by Crippen LogP contribution is -2.19. The molecule has 19 heavy (non-hydrogen) atoms. The van der Waals surface area contributed by atoms with E-state index in [1.54, 1.807) is 30.5 Å². The largest absolute Gasteiger partial charge is 0.276 e. The summed E-state index contributed by atoms with van der Waals surface area (Å²) in [7, 11) is -3.53. The zero-order valence-electron chi connectivity index (χ0n) is 11.2. The molecule has 5 heteroatoms. The Labute approximate surface area is 115 Å². The summed E-state index contributed by atoms with van der Waals surface area (Å²) in [5.74, 6) is 0.412. The van der Waals surface area contributed by atoms with E-state index in [4.69, 9.17) is 0 Å². The van der Waals surface area contributed by atoms with Crippen molar-refractivity contribution in [3.8, 4) is 0 Å². The molecule has 0 aromatic heterocycles. The number of nitrogens with zero attached hydrogens (tertiary/aromatic N) is 1. The van der Waals surface area contributed by atoms with E-state index < -0.39 is 10.0 Å². The minimum absolute atomic E-state index is 0.249. The number of hydrogen-bond acceptors (Lipinski definition) is 3. The zero-order valence-corrected chi connectivity index (χ0v) is 12.0. The maximum absolute atomic E-state index is 12.0. The fourth-order valence-electron chi connectivity index (χ4n) is 2.26. The van der Waals surface area contributed by atoms with E-state index in [1.807, 2.05) is 6.92 Å². The van der Waals surface area contributed by atoms with Gasteiger partial charge in [-0.3, -0.25) is 0 Å². The van der Waals surface area contributed by atoms with Gasteiger partial charge in [-0.05, 0) is 37.8 Å². The van der Waals surface area contributed by atoms with Gasteiger partial charge >= 0.3 is 0 Å². The first-order chi connectivity index (χ1) is 9.08. The van der Waals surface area contributed by atoms with Crippen LogP contribution >= 0.6 is 0 Å². The molecular formula is C14H20N2O2S. The average Bonchev–Trinajstić information content (AvgIpc) is 2.40. The smallest absolute Gasteiger partial charge is 0.200 e. The number of benzene rings is 1. The molecule has 0 amide bonds. The third kappa shape index (κ3) is 4.06. The van der Waals surface area contributed by atoms with E-state index in [-0.39, 0.29) is 4.90 Å². The summed E-state index contributed by atoms with van der Waals surface area (Å²) < 4.78 is 23.9. The topological polar surface area (TPSA) is 58.5 Å². The van der Waals surface area contributed by atoms with Crippen molar-refractivity contribution in [3.63, 3.8) is 0 Å². The van der Waals surface area contributed by atoms with Gasteiger partial charge in [-0.15, -0.1) is 0 Å². The molecule has 1 N–H and O–H groups in total. The summed E-state index contributed by atoms with van der Waals surface area (Å²) in [5.41, 5.74) is 1.03. The second-order valence-electron chi connectivity index (χ2n) is 5.08. The van der Waals surface area contributed by atoms with Gasteiger partial charge in [-0.2, -0.15) is 13.5 Å². The predicted octanol–water partition coefficient (Wildman–Crippen LogP) is 2.84. The van der Waals surface area contributed by atoms with E-state index >= 15 is 0 Å². The van der Waals surface area contributed by atoms with E-state index in [0.29, 0.717) is 5.92 Å². The van der Waals surface area contributed by atoms with Crippen molar-refractivity contribution in [2.75, 3.05) is 0 Å². The number of aryl methyl sites for hydroxylation is 1. The van der Waals surface area contributed by atoms with Crippen LogP contribution in [0.2, 0.25) is 0 Å². The van der Waals surface area contributed by atoms with Crippen LogP contribution in [0.25, 0.3) is 0 Å². The van der Waals surface area contributed by atoms with Gasteiger partial charge in [-0.25, -0.2) is 4.83 Å². The van der Waals surface area contributed by atoms with E-state index in [2.05, 4.69) is 9.93 Å². The molecule has 1 fully saturated rings. The molecule has 0 radical (unpaired) electrons. The number of rotatable bonds is 4. The third-order valence-corrected chi connectivity index (χ3v) is 4.68. The summed E-state index contributed by atoms with van der Waals surface area (Å²) in [6.45, 7) is 1.92. The normalized spacial score (nSPS) is 17.7. The summed E-state index contributed by atoms with van der Waals surface area (Å²) in [6, 6.07) is 6.74. The minimum atomic E-state index is -3.53. The molecule has 0 saturated heterocycles. The van der Waals surface area contributed by atoms with Crippen LogP contribution in [0.4, 0.5) is 0 Å². The van der Waals surface area contributed by atoms with E-state index in [1.165, 1.54) is 19.3 Å². The Balaban J connectivity index is 1.97. The Hall–Kier alpha value is -1.36. The summed E-state index contributed by atoms with van der Waals surface area (Å²) in [4.78, 5) is 2.53. The van der Waals surface area contributed by atoms with Crippen molar-refractivity contribution >= 4 is 16.2 Å². The average molecular weight is 280 g/mol. The molecule has 0 bridgehead atoms. The fourth-order valence-corrected chi connectivity index (χ4v) is 3.06. The van der Waals surface area contributed by atoms with Crippen LogP contribution in [0.3, 0.4) is 0 Å². The van der Waals surface area contributed by atoms with Crippen molar-refractivity contribution in [1.29, 1.82) is 0 Å². The molecule has 1 saturated carbocycles. The number of nitrogens with one attached hydrogen (secondary N) is 1. The first-order valence-electron chi connectivity index (χ1n) is 6.69. The molecule has 4 nitrogen and oxygen atoms in total. The van der Waals surface area contributed by atoms with Crippen molar-refractivity contribution in [1.82, 2.24) is 4.83 Å². The Morgan fingerprint density at radius 2 is 1.79 bits per heavy atom. The third-order valence-electron chi connectivity index (χ3n) is 3.44. The molecule has 1 aliphatic rings. The standard InChI is InChI=1S/C14H20N2O2S/c1-12-7-9-14(10-8-12)19(17,18)16-15-11-13-5-3-2-4-6-13/h7-11,13,16H,2-6H2,1H3. The SMILES string of the molecule is Cc1ccc(S(=O)(=O)NN=CC2CCCCC2)cc1. The second kappa shape index (κ2) is 6.19. The number of sulfonamides is 1.